The first-order valence-electron chi connectivity index (χ1n) is 12.3. The molecule has 0 aliphatic heterocycles. The van der Waals surface area contributed by atoms with Crippen LogP contribution in [0.2, 0.25) is 0 Å². The minimum Gasteiger partial charge on any atom is -0.398 e. The fraction of sp³-hybridized carbons (Fsp3) is 0.222. The molecule has 0 bridgehead atoms. The number of imidazole rings is 1. The van der Waals surface area contributed by atoms with Crippen LogP contribution in [0.15, 0.2) is 61.1 Å². The van der Waals surface area contributed by atoms with Crippen LogP contribution in [0.3, 0.4) is 0 Å². The van der Waals surface area contributed by atoms with E-state index < -0.39 is 11.7 Å². The molecule has 1 saturated carbocycles. The summed E-state index contributed by atoms with van der Waals surface area (Å²) in [7, 11) is 0. The van der Waals surface area contributed by atoms with Crippen molar-refractivity contribution in [3.8, 4) is 22.9 Å². The molecule has 0 saturated heterocycles. The number of nitrogen functional groups attached to an aromatic ring is 1. The number of nitrogens with one attached hydrogen (secondary N) is 2. The Morgan fingerprint density at radius 2 is 1.97 bits per heavy atom. The van der Waals surface area contributed by atoms with Crippen molar-refractivity contribution in [1.82, 2.24) is 35.0 Å². The van der Waals surface area contributed by atoms with Crippen molar-refractivity contribution in [3.05, 3.63) is 78.3 Å². The molecule has 11 heteroatoms. The number of benzene rings is 2. The van der Waals surface area contributed by atoms with Crippen molar-refractivity contribution in [3.63, 3.8) is 0 Å². The molecule has 0 unspecified atom stereocenters. The Hall–Kier alpha value is -4.67. The second-order valence-corrected chi connectivity index (χ2v) is 9.39. The molecular formula is C27H24F2N8O. The number of pyridine rings is 1. The normalized spacial score (nSPS) is 17.5. The molecule has 1 amide bonds. The van der Waals surface area contributed by atoms with Gasteiger partial charge in [0.2, 0.25) is 0 Å². The lowest BCUT2D eigenvalue weighted by Crippen LogP contribution is -2.39. The maximum absolute atomic E-state index is 15.0. The van der Waals surface area contributed by atoms with Crippen LogP contribution in [0.1, 0.15) is 42.1 Å². The van der Waals surface area contributed by atoms with E-state index in [1.165, 1.54) is 24.5 Å². The summed E-state index contributed by atoms with van der Waals surface area (Å²) in [6.07, 6.45) is 6.07. The first kappa shape index (κ1) is 23.7. The van der Waals surface area contributed by atoms with Gasteiger partial charge in [-0.05, 0) is 62.1 Å². The quantitative estimate of drug-likeness (QED) is 0.293. The summed E-state index contributed by atoms with van der Waals surface area (Å²) in [6, 6.07) is 11.8. The smallest absolute Gasteiger partial charge is 0.253 e. The maximum Gasteiger partial charge on any atom is 0.253 e. The Kier molecular flexibility index (Phi) is 6.02. The summed E-state index contributed by atoms with van der Waals surface area (Å²) in [5.41, 5.74) is 8.56. The van der Waals surface area contributed by atoms with E-state index in [2.05, 4.69) is 25.5 Å². The Morgan fingerprint density at radius 3 is 2.79 bits per heavy atom. The van der Waals surface area contributed by atoms with E-state index in [-0.39, 0.29) is 29.2 Å². The van der Waals surface area contributed by atoms with E-state index in [1.54, 1.807) is 24.4 Å². The summed E-state index contributed by atoms with van der Waals surface area (Å²) < 4.78 is 30.8. The number of carbonyl (C=O) groups excluding carboxylic acids is 1. The van der Waals surface area contributed by atoms with Gasteiger partial charge in [-0.1, -0.05) is 12.1 Å². The fourth-order valence-corrected chi connectivity index (χ4v) is 5.17. The molecule has 192 valence electrons. The van der Waals surface area contributed by atoms with Gasteiger partial charge in [0.15, 0.2) is 5.82 Å². The van der Waals surface area contributed by atoms with E-state index >= 15 is 0 Å². The van der Waals surface area contributed by atoms with E-state index in [0.29, 0.717) is 34.8 Å². The molecule has 38 heavy (non-hydrogen) atoms. The molecular weight excluding hydrogens is 490 g/mol. The largest absolute Gasteiger partial charge is 0.398 e. The summed E-state index contributed by atoms with van der Waals surface area (Å²) in [6.45, 7) is 0. The molecule has 1 fully saturated rings. The lowest BCUT2D eigenvalue weighted by molar-refractivity contribution is 0.0921. The van der Waals surface area contributed by atoms with E-state index in [1.807, 2.05) is 10.6 Å². The fourth-order valence-electron chi connectivity index (χ4n) is 5.17. The third-order valence-corrected chi connectivity index (χ3v) is 6.94. The van der Waals surface area contributed by atoms with Gasteiger partial charge in [-0.25, -0.2) is 18.7 Å². The number of nitrogens with two attached hydrogens (primary N) is 1. The van der Waals surface area contributed by atoms with Gasteiger partial charge < -0.3 is 15.6 Å². The highest BCUT2D eigenvalue weighted by Gasteiger charge is 2.29. The van der Waals surface area contributed by atoms with Crippen LogP contribution in [0, 0.1) is 11.6 Å². The zero-order chi connectivity index (χ0) is 26.2. The number of nitrogens with zero attached hydrogens (tertiary/aromatic N) is 5. The topological polar surface area (TPSA) is 127 Å². The minimum atomic E-state index is -0.527. The second-order valence-electron chi connectivity index (χ2n) is 9.39. The van der Waals surface area contributed by atoms with Gasteiger partial charge in [0, 0.05) is 17.8 Å². The van der Waals surface area contributed by atoms with Crippen molar-refractivity contribution in [2.45, 2.75) is 37.8 Å². The summed E-state index contributed by atoms with van der Waals surface area (Å²) in [4.78, 5) is 26.4. The summed E-state index contributed by atoms with van der Waals surface area (Å²) >= 11 is 0. The summed E-state index contributed by atoms with van der Waals surface area (Å²) in [5.74, 6) is -0.407. The van der Waals surface area contributed by atoms with Crippen molar-refractivity contribution in [2.75, 3.05) is 5.73 Å². The third-order valence-electron chi connectivity index (χ3n) is 6.94. The number of hydrogen-bond donors (Lipinski definition) is 3. The van der Waals surface area contributed by atoms with Crippen molar-refractivity contribution in [2.24, 2.45) is 0 Å². The zero-order valence-electron chi connectivity index (χ0n) is 20.2. The molecule has 3 aromatic heterocycles. The number of aromatic nitrogens is 6. The number of amides is 1. The van der Waals surface area contributed by atoms with Gasteiger partial charge in [0.1, 0.15) is 35.0 Å². The monoisotopic (exact) mass is 514 g/mol. The molecule has 1 aliphatic carbocycles. The number of fused-ring (bicyclic) bond motifs is 1. The Labute approximate surface area is 216 Å². The molecule has 0 radical (unpaired) electrons. The number of halogens is 2. The highest BCUT2D eigenvalue weighted by Crippen LogP contribution is 2.37. The van der Waals surface area contributed by atoms with Crippen LogP contribution in [-0.4, -0.2) is 41.7 Å². The average Bonchev–Trinajstić information content (AvgIpc) is 3.58. The van der Waals surface area contributed by atoms with Crippen LogP contribution >= 0.6 is 0 Å². The number of aromatic amines is 1. The Bertz CT molecular complexity index is 1630. The van der Waals surface area contributed by atoms with Gasteiger partial charge in [-0.2, -0.15) is 5.10 Å². The second kappa shape index (κ2) is 9.66. The zero-order valence-corrected chi connectivity index (χ0v) is 20.2. The third kappa shape index (κ3) is 4.36. The summed E-state index contributed by atoms with van der Waals surface area (Å²) in [5, 5.41) is 9.84. The SMILES string of the molecule is Nc1ccc(F)cc1C(=O)N[C@H]1CCC[C@@H](n2c(-c3ccccc3F)nc3cnc(-c4nc[nH]n4)cc32)C1. The van der Waals surface area contributed by atoms with Crippen LogP contribution in [0.5, 0.6) is 0 Å². The standard InChI is InChI=1S/C27H24F2N8O/c28-15-8-9-21(30)19(10-15)27(38)34-16-4-3-5-17(11-16)37-24-12-22(25-32-14-33-36-25)31-13-23(24)35-26(37)18-6-1-2-7-20(18)29/h1-2,6-10,12-14,16-17H,3-5,11,30H2,(H,34,38)(H,32,33,36)/t16-,17+/m0/s1. The molecule has 5 aromatic rings. The molecule has 0 spiro atoms. The number of rotatable bonds is 5. The number of H-pyrrole nitrogens is 1. The Morgan fingerprint density at radius 1 is 1.11 bits per heavy atom. The number of carbonyl (C=O) groups is 1. The van der Waals surface area contributed by atoms with E-state index in [0.717, 1.165) is 30.8 Å². The minimum absolute atomic E-state index is 0.0964. The van der Waals surface area contributed by atoms with Crippen molar-refractivity contribution < 1.29 is 13.6 Å². The predicted molar refractivity (Wildman–Crippen MR) is 138 cm³/mol. The molecule has 2 aromatic carbocycles. The van der Waals surface area contributed by atoms with Crippen molar-refractivity contribution in [1.29, 1.82) is 0 Å². The van der Waals surface area contributed by atoms with Gasteiger partial charge in [-0.3, -0.25) is 14.9 Å². The highest BCUT2D eigenvalue weighted by atomic mass is 19.1. The lowest BCUT2D eigenvalue weighted by Gasteiger charge is -2.32. The van der Waals surface area contributed by atoms with Crippen LogP contribution in [0.25, 0.3) is 33.9 Å². The molecule has 4 N–H and O–H groups in total. The van der Waals surface area contributed by atoms with E-state index in [9.17, 15) is 13.6 Å². The molecule has 9 nitrogen and oxygen atoms in total. The first-order chi connectivity index (χ1) is 18.5. The Balaban J connectivity index is 1.39. The van der Waals surface area contributed by atoms with Crippen LogP contribution < -0.4 is 11.1 Å². The van der Waals surface area contributed by atoms with Gasteiger partial charge >= 0.3 is 0 Å². The lowest BCUT2D eigenvalue weighted by atomic mass is 9.90. The highest BCUT2D eigenvalue weighted by molar-refractivity contribution is 5.99. The van der Waals surface area contributed by atoms with Gasteiger partial charge in [-0.15, -0.1) is 0 Å². The van der Waals surface area contributed by atoms with Crippen LogP contribution in [0.4, 0.5) is 14.5 Å². The molecule has 2 atom stereocenters. The maximum atomic E-state index is 15.0. The number of anilines is 1. The molecule has 1 aliphatic rings. The average molecular weight is 515 g/mol. The molecule has 3 heterocycles. The van der Waals surface area contributed by atoms with Gasteiger partial charge in [0.25, 0.3) is 5.91 Å². The van der Waals surface area contributed by atoms with Crippen molar-refractivity contribution >= 4 is 22.6 Å². The first-order valence-corrected chi connectivity index (χ1v) is 12.3. The van der Waals surface area contributed by atoms with E-state index in [4.69, 9.17) is 10.7 Å². The number of hydrogen-bond acceptors (Lipinski definition) is 6. The predicted octanol–water partition coefficient (Wildman–Crippen LogP) is 4.66. The molecule has 6 rings (SSSR count). The van der Waals surface area contributed by atoms with Crippen LogP contribution in [-0.2, 0) is 0 Å². The van der Waals surface area contributed by atoms with Gasteiger partial charge in [0.05, 0.1) is 22.8 Å².